The molecule has 4 N–H and O–H groups in total. The van der Waals surface area contributed by atoms with Crippen LogP contribution in [0.2, 0.25) is 0 Å². The average Bonchev–Trinajstić information content (AvgIpc) is 3.08. The number of phenols is 1. The van der Waals surface area contributed by atoms with Crippen LogP contribution in [-0.4, -0.2) is 67.5 Å². The molecule has 172 valence electrons. The predicted molar refractivity (Wildman–Crippen MR) is 139 cm³/mol. The minimum Gasteiger partial charge on any atom is -0.147 e. The van der Waals surface area contributed by atoms with Gasteiger partial charge < -0.3 is 0 Å². The Morgan fingerprint density at radius 2 is 1.87 bits per heavy atom. The molecular weight excluding hydrogens is 524 g/mol. The van der Waals surface area contributed by atoms with Crippen LogP contribution in [0.3, 0.4) is 0 Å². The van der Waals surface area contributed by atoms with Crippen LogP contribution in [-0.2, 0) is 6.54 Å². The molecule has 0 amide bonds. The van der Waals surface area contributed by atoms with E-state index in [-0.39, 0.29) is 52.2 Å². The zero-order valence-electron chi connectivity index (χ0n) is 17.6. The van der Waals surface area contributed by atoms with Crippen molar-refractivity contribution in [1.82, 2.24) is 14.7 Å². The first-order valence-electron chi connectivity index (χ1n) is 9.87. The second kappa shape index (κ2) is 12.2. The van der Waals surface area contributed by atoms with E-state index >= 15 is 0 Å². The van der Waals surface area contributed by atoms with E-state index < -0.39 is 0 Å². The summed E-state index contributed by atoms with van der Waals surface area (Å²) >= 11 is 0.152. The fourth-order valence-electron chi connectivity index (χ4n) is 3.73. The van der Waals surface area contributed by atoms with Gasteiger partial charge in [0.05, 0.1) is 0 Å². The van der Waals surface area contributed by atoms with E-state index in [2.05, 4.69) is 40.9 Å². The van der Waals surface area contributed by atoms with Crippen molar-refractivity contribution in [3.8, 4) is 17.0 Å². The number of anilines is 1. The van der Waals surface area contributed by atoms with Gasteiger partial charge in [-0.3, -0.25) is 0 Å². The summed E-state index contributed by atoms with van der Waals surface area (Å²) in [5.74, 6) is 0.293. The number of fused-ring (bicyclic) bond motifs is 2. The summed E-state index contributed by atoms with van der Waals surface area (Å²) in [6, 6.07) is 10.0. The van der Waals surface area contributed by atoms with E-state index in [4.69, 9.17) is 10.8 Å². The van der Waals surface area contributed by atoms with Gasteiger partial charge >= 0.3 is 172 Å². The molecule has 0 unspecified atom stereocenters. The summed E-state index contributed by atoms with van der Waals surface area (Å²) in [4.78, 5) is 2.41. The fraction of sp³-hybridized carbons (Fsp3) is 0.381. The predicted octanol–water partition coefficient (Wildman–Crippen LogP) is 2.36. The van der Waals surface area contributed by atoms with Gasteiger partial charge in [0.2, 0.25) is 0 Å². The third-order valence-corrected chi connectivity index (χ3v) is 7.81. The summed E-state index contributed by atoms with van der Waals surface area (Å²) in [6.07, 6.45) is 0. The van der Waals surface area contributed by atoms with Gasteiger partial charge in [0.1, 0.15) is 0 Å². The maximum atomic E-state index is 10.0. The third kappa shape index (κ3) is 5.42. The van der Waals surface area contributed by atoms with E-state index in [1.165, 1.54) is 19.8 Å². The molecule has 31 heavy (non-hydrogen) atoms. The first-order valence-corrected chi connectivity index (χ1v) is 11.6. The molecule has 1 aliphatic rings. The molecule has 10 heteroatoms. The number of hydrogen-bond donors (Lipinski definition) is 3. The van der Waals surface area contributed by atoms with Gasteiger partial charge in [0, 0.05) is 0 Å². The van der Waals surface area contributed by atoms with Crippen LogP contribution in [0.4, 0.5) is 5.69 Å². The Kier molecular flexibility index (Phi) is 10.9. The Labute approximate surface area is 208 Å². The number of benzene rings is 2. The Bertz CT molecular complexity index is 1010. The van der Waals surface area contributed by atoms with Crippen molar-refractivity contribution in [1.29, 1.82) is 0 Å². The number of likely N-dealkylation sites (N-methyl/N-ethyl adjacent to an activating group) is 1. The molecule has 0 spiro atoms. The Hall–Kier alpha value is -1.18. The summed E-state index contributed by atoms with van der Waals surface area (Å²) in [5, 5.41) is 19.8. The van der Waals surface area contributed by atoms with Crippen molar-refractivity contribution in [2.24, 2.45) is 5.73 Å². The Morgan fingerprint density at radius 3 is 2.55 bits per heavy atom. The first kappa shape index (κ1) is 27.9. The molecule has 3 aromatic rings. The van der Waals surface area contributed by atoms with Gasteiger partial charge in [-0.15, -0.1) is 37.2 Å². The molecule has 0 radical (unpaired) electrons. The third-order valence-electron chi connectivity index (χ3n) is 5.28. The molecule has 0 fully saturated rings. The minimum absolute atomic E-state index is 0. The maximum absolute atomic E-state index is 10.0. The molecule has 1 aromatic heterocycles. The number of halogens is 3. The van der Waals surface area contributed by atoms with Crippen molar-refractivity contribution in [3.63, 3.8) is 0 Å². The first-order chi connectivity index (χ1) is 13.7. The van der Waals surface area contributed by atoms with E-state index in [1.54, 1.807) is 6.07 Å². The molecule has 0 bridgehead atoms. The zero-order chi connectivity index (χ0) is 19.7. The average molecular weight is 554 g/mol. The molecule has 0 saturated carbocycles. The smallest absolute Gasteiger partial charge is 0.147 e. The SMILES string of the molecule is CCN(CC)CCn1nc2c3c(c(NCCN)ccc31)[Se]c1ccc(O)cc1-2.Cl.Cl.Cl. The van der Waals surface area contributed by atoms with Crippen LogP contribution in [0, 0.1) is 0 Å². The molecule has 6 nitrogen and oxygen atoms in total. The van der Waals surface area contributed by atoms with Crippen LogP contribution in [0.1, 0.15) is 13.8 Å². The minimum atomic E-state index is 0. The van der Waals surface area contributed by atoms with Crippen molar-refractivity contribution in [2.75, 3.05) is 38.0 Å². The molecule has 2 aromatic carbocycles. The van der Waals surface area contributed by atoms with Gasteiger partial charge in [-0.1, -0.05) is 0 Å². The van der Waals surface area contributed by atoms with Gasteiger partial charge in [-0.2, -0.15) is 0 Å². The van der Waals surface area contributed by atoms with Crippen LogP contribution in [0.5, 0.6) is 5.75 Å². The number of nitrogens with zero attached hydrogens (tertiary/aromatic N) is 3. The molecule has 1 aliphatic heterocycles. The number of aromatic hydroxyl groups is 1. The molecule has 0 saturated heterocycles. The Morgan fingerprint density at radius 1 is 1.13 bits per heavy atom. The standard InChI is InChI=1S/C21H27N5OSe.3ClH/c1-3-25(4-2)11-12-26-17-7-6-16(23-10-9-22)21-19(17)20(24-26)15-13-14(27)5-8-18(15)28-21;;;/h5-8,13,23,27H,3-4,9-12,22H2,1-2H3;3*1H. The number of rotatable bonds is 8. The summed E-state index contributed by atoms with van der Waals surface area (Å²) < 4.78 is 4.73. The van der Waals surface area contributed by atoms with E-state index in [0.29, 0.717) is 12.3 Å². The summed E-state index contributed by atoms with van der Waals surface area (Å²) in [6.45, 7) is 9.66. The number of phenolic OH excluding ortho intramolecular Hbond substituents is 1. The van der Waals surface area contributed by atoms with E-state index in [1.807, 2.05) is 12.1 Å². The summed E-state index contributed by atoms with van der Waals surface area (Å²) in [5.41, 5.74) is 10.1. The molecule has 2 heterocycles. The number of nitrogens with two attached hydrogens (primary N) is 1. The maximum Gasteiger partial charge on any atom is -0.147 e. The second-order valence-corrected chi connectivity index (χ2v) is 9.14. The van der Waals surface area contributed by atoms with Crippen LogP contribution >= 0.6 is 37.2 Å². The van der Waals surface area contributed by atoms with E-state index in [9.17, 15) is 5.11 Å². The van der Waals surface area contributed by atoms with Crippen molar-refractivity contribution < 1.29 is 5.11 Å². The fourth-order valence-corrected chi connectivity index (χ4v) is 6.20. The van der Waals surface area contributed by atoms with Gasteiger partial charge in [-0.05, 0) is 0 Å². The number of aromatic nitrogens is 2. The number of hydrogen-bond acceptors (Lipinski definition) is 5. The topological polar surface area (TPSA) is 79.3 Å². The molecule has 0 atom stereocenters. The second-order valence-electron chi connectivity index (χ2n) is 6.93. The van der Waals surface area contributed by atoms with Crippen LogP contribution in [0.15, 0.2) is 30.3 Å². The van der Waals surface area contributed by atoms with Crippen LogP contribution in [0.25, 0.3) is 22.2 Å². The molecule has 4 rings (SSSR count). The normalized spacial score (nSPS) is 11.4. The van der Waals surface area contributed by atoms with Crippen molar-refractivity contribution >= 4 is 77.7 Å². The largest absolute Gasteiger partial charge is 0.147 e. The van der Waals surface area contributed by atoms with E-state index in [0.717, 1.165) is 49.7 Å². The monoisotopic (exact) mass is 553 g/mol. The van der Waals surface area contributed by atoms with Crippen molar-refractivity contribution in [2.45, 2.75) is 20.4 Å². The number of nitrogens with one attached hydrogen (secondary N) is 1. The van der Waals surface area contributed by atoms with Gasteiger partial charge in [0.25, 0.3) is 0 Å². The summed E-state index contributed by atoms with van der Waals surface area (Å²) in [7, 11) is 0. The van der Waals surface area contributed by atoms with Crippen LogP contribution < -0.4 is 20.0 Å². The zero-order valence-corrected chi connectivity index (χ0v) is 21.8. The quantitative estimate of drug-likeness (QED) is 0.292. The van der Waals surface area contributed by atoms with Gasteiger partial charge in [0.15, 0.2) is 0 Å². The Balaban J connectivity index is 0.00000160. The molecular formula is C21H30Cl3N5OSe. The van der Waals surface area contributed by atoms with Gasteiger partial charge in [-0.25, -0.2) is 0 Å². The van der Waals surface area contributed by atoms with Crippen molar-refractivity contribution in [3.05, 3.63) is 30.3 Å². The molecule has 0 aliphatic carbocycles.